The number of para-hydroxylation sites is 1. The highest BCUT2D eigenvalue weighted by Crippen LogP contribution is 2.17. The predicted octanol–water partition coefficient (Wildman–Crippen LogP) is 3.51. The Morgan fingerprint density at radius 2 is 1.73 bits per heavy atom. The van der Waals surface area contributed by atoms with E-state index in [0.717, 1.165) is 5.56 Å². The molecule has 4 heteroatoms. The predicted molar refractivity (Wildman–Crippen MR) is 84.4 cm³/mol. The van der Waals surface area contributed by atoms with Crippen molar-refractivity contribution in [2.75, 3.05) is 6.54 Å². The fraction of sp³-hybridized carbons (Fsp3) is 0.278. The SMILES string of the molecule is C[C@H](Oc1ccccc1F)C(=O)NC[C@H](C)c1ccccc1. The number of carbonyl (C=O) groups excluding carboxylic acids is 1. The number of hydrogen-bond donors (Lipinski definition) is 1. The van der Waals surface area contributed by atoms with E-state index in [0.29, 0.717) is 6.54 Å². The van der Waals surface area contributed by atoms with Gasteiger partial charge in [-0.15, -0.1) is 0 Å². The summed E-state index contributed by atoms with van der Waals surface area (Å²) in [5, 5.41) is 2.83. The molecule has 0 aliphatic carbocycles. The van der Waals surface area contributed by atoms with Crippen LogP contribution in [0.25, 0.3) is 0 Å². The minimum atomic E-state index is -0.750. The molecule has 2 rings (SSSR count). The summed E-state index contributed by atoms with van der Waals surface area (Å²) >= 11 is 0. The first-order valence-electron chi connectivity index (χ1n) is 7.31. The van der Waals surface area contributed by atoms with Gasteiger partial charge in [-0.05, 0) is 30.5 Å². The van der Waals surface area contributed by atoms with Gasteiger partial charge in [-0.25, -0.2) is 4.39 Å². The molecule has 22 heavy (non-hydrogen) atoms. The van der Waals surface area contributed by atoms with Gasteiger partial charge < -0.3 is 10.1 Å². The van der Waals surface area contributed by atoms with Crippen LogP contribution in [-0.2, 0) is 4.79 Å². The molecule has 0 saturated heterocycles. The van der Waals surface area contributed by atoms with Crippen LogP contribution in [0.1, 0.15) is 25.3 Å². The standard InChI is InChI=1S/C18H20FNO2/c1-13(15-8-4-3-5-9-15)12-20-18(21)14(2)22-17-11-7-6-10-16(17)19/h3-11,13-14H,12H2,1-2H3,(H,20,21)/t13-,14-/m0/s1. The number of benzene rings is 2. The fourth-order valence-corrected chi connectivity index (χ4v) is 2.08. The second-order valence-electron chi connectivity index (χ2n) is 5.25. The van der Waals surface area contributed by atoms with Crippen LogP contribution in [0.4, 0.5) is 4.39 Å². The smallest absolute Gasteiger partial charge is 0.260 e. The summed E-state index contributed by atoms with van der Waals surface area (Å²) in [4.78, 5) is 12.0. The molecule has 0 aliphatic rings. The van der Waals surface area contributed by atoms with E-state index >= 15 is 0 Å². The normalized spacial score (nSPS) is 13.2. The second kappa shape index (κ2) is 7.59. The van der Waals surface area contributed by atoms with Crippen LogP contribution in [0.2, 0.25) is 0 Å². The highest BCUT2D eigenvalue weighted by molar-refractivity contribution is 5.80. The average Bonchev–Trinajstić information content (AvgIpc) is 2.55. The van der Waals surface area contributed by atoms with Crippen molar-refractivity contribution in [3.05, 3.63) is 66.0 Å². The maximum atomic E-state index is 13.5. The lowest BCUT2D eigenvalue weighted by Crippen LogP contribution is -2.38. The molecule has 0 heterocycles. The molecule has 0 bridgehead atoms. The zero-order valence-electron chi connectivity index (χ0n) is 12.8. The van der Waals surface area contributed by atoms with Crippen molar-refractivity contribution in [3.63, 3.8) is 0 Å². The molecule has 0 fully saturated rings. The highest BCUT2D eigenvalue weighted by atomic mass is 19.1. The van der Waals surface area contributed by atoms with Gasteiger partial charge in [0.05, 0.1) is 0 Å². The minimum absolute atomic E-state index is 0.0845. The topological polar surface area (TPSA) is 38.3 Å². The molecule has 0 aromatic heterocycles. The first-order chi connectivity index (χ1) is 10.6. The minimum Gasteiger partial charge on any atom is -0.478 e. The van der Waals surface area contributed by atoms with Gasteiger partial charge in [0.2, 0.25) is 0 Å². The Balaban J connectivity index is 1.85. The molecule has 2 aromatic carbocycles. The van der Waals surface area contributed by atoms with E-state index < -0.39 is 11.9 Å². The van der Waals surface area contributed by atoms with Crippen molar-refractivity contribution in [2.45, 2.75) is 25.9 Å². The molecule has 2 aromatic rings. The maximum Gasteiger partial charge on any atom is 0.260 e. The van der Waals surface area contributed by atoms with Gasteiger partial charge in [0, 0.05) is 6.54 Å². The molecule has 1 amide bonds. The van der Waals surface area contributed by atoms with Crippen molar-refractivity contribution in [1.82, 2.24) is 5.32 Å². The van der Waals surface area contributed by atoms with Crippen molar-refractivity contribution in [3.8, 4) is 5.75 Å². The van der Waals surface area contributed by atoms with Gasteiger partial charge in [0.25, 0.3) is 5.91 Å². The van der Waals surface area contributed by atoms with Crippen molar-refractivity contribution in [1.29, 1.82) is 0 Å². The van der Waals surface area contributed by atoms with Gasteiger partial charge in [0.1, 0.15) is 0 Å². The number of amides is 1. The Kier molecular flexibility index (Phi) is 5.53. The first kappa shape index (κ1) is 16.0. The number of halogens is 1. The van der Waals surface area contributed by atoms with E-state index in [4.69, 9.17) is 4.74 Å². The summed E-state index contributed by atoms with van der Waals surface area (Å²) in [7, 11) is 0. The van der Waals surface area contributed by atoms with E-state index in [1.165, 1.54) is 12.1 Å². The summed E-state index contributed by atoms with van der Waals surface area (Å²) in [6.07, 6.45) is -0.750. The number of ether oxygens (including phenoxy) is 1. The Bertz CT molecular complexity index is 615. The molecular weight excluding hydrogens is 281 g/mol. The zero-order valence-corrected chi connectivity index (χ0v) is 12.8. The molecule has 0 saturated carbocycles. The third kappa shape index (κ3) is 4.32. The number of hydrogen-bond acceptors (Lipinski definition) is 2. The van der Waals surface area contributed by atoms with E-state index in [-0.39, 0.29) is 17.6 Å². The molecule has 0 radical (unpaired) electrons. The molecular formula is C18H20FNO2. The average molecular weight is 301 g/mol. The van der Waals surface area contributed by atoms with Crippen LogP contribution in [-0.4, -0.2) is 18.6 Å². The van der Waals surface area contributed by atoms with Crippen LogP contribution in [0.3, 0.4) is 0 Å². The van der Waals surface area contributed by atoms with E-state index in [1.807, 2.05) is 37.3 Å². The molecule has 1 N–H and O–H groups in total. The second-order valence-corrected chi connectivity index (χ2v) is 5.25. The molecule has 3 nitrogen and oxygen atoms in total. The molecule has 0 aliphatic heterocycles. The summed E-state index contributed by atoms with van der Waals surface area (Å²) in [6.45, 7) is 4.15. The number of rotatable bonds is 6. The summed E-state index contributed by atoms with van der Waals surface area (Å²) in [5.74, 6) is -0.446. The third-order valence-corrected chi connectivity index (χ3v) is 3.46. The van der Waals surface area contributed by atoms with E-state index in [1.54, 1.807) is 19.1 Å². The molecule has 0 spiro atoms. The van der Waals surface area contributed by atoms with E-state index in [2.05, 4.69) is 5.32 Å². The lowest BCUT2D eigenvalue weighted by Gasteiger charge is -2.17. The van der Waals surface area contributed by atoms with Gasteiger partial charge >= 0.3 is 0 Å². The third-order valence-electron chi connectivity index (χ3n) is 3.46. The van der Waals surface area contributed by atoms with Crippen molar-refractivity contribution in [2.24, 2.45) is 0 Å². The van der Waals surface area contributed by atoms with Gasteiger partial charge in [0.15, 0.2) is 17.7 Å². The van der Waals surface area contributed by atoms with Gasteiger partial charge in [-0.1, -0.05) is 49.4 Å². The Hall–Kier alpha value is -2.36. The van der Waals surface area contributed by atoms with Crippen molar-refractivity contribution < 1.29 is 13.9 Å². The lowest BCUT2D eigenvalue weighted by molar-refractivity contribution is -0.127. The fourth-order valence-electron chi connectivity index (χ4n) is 2.08. The molecule has 2 atom stereocenters. The van der Waals surface area contributed by atoms with E-state index in [9.17, 15) is 9.18 Å². The van der Waals surface area contributed by atoms with Crippen LogP contribution < -0.4 is 10.1 Å². The Labute approximate surface area is 130 Å². The number of nitrogens with one attached hydrogen (secondary N) is 1. The first-order valence-corrected chi connectivity index (χ1v) is 7.31. The maximum absolute atomic E-state index is 13.5. The van der Waals surface area contributed by atoms with Crippen LogP contribution in [0.5, 0.6) is 5.75 Å². The van der Waals surface area contributed by atoms with Crippen LogP contribution in [0.15, 0.2) is 54.6 Å². The zero-order chi connectivity index (χ0) is 15.9. The van der Waals surface area contributed by atoms with Gasteiger partial charge in [-0.3, -0.25) is 4.79 Å². The largest absolute Gasteiger partial charge is 0.478 e. The van der Waals surface area contributed by atoms with Gasteiger partial charge in [-0.2, -0.15) is 0 Å². The van der Waals surface area contributed by atoms with Crippen LogP contribution >= 0.6 is 0 Å². The van der Waals surface area contributed by atoms with Crippen molar-refractivity contribution >= 4 is 5.91 Å². The molecule has 116 valence electrons. The Morgan fingerprint density at radius 3 is 2.41 bits per heavy atom. The highest BCUT2D eigenvalue weighted by Gasteiger charge is 2.17. The Morgan fingerprint density at radius 1 is 1.09 bits per heavy atom. The lowest BCUT2D eigenvalue weighted by atomic mass is 10.0. The summed E-state index contributed by atoms with van der Waals surface area (Å²) < 4.78 is 18.8. The monoisotopic (exact) mass is 301 g/mol. The van der Waals surface area contributed by atoms with Crippen LogP contribution in [0, 0.1) is 5.82 Å². The number of carbonyl (C=O) groups is 1. The summed E-state index contributed by atoms with van der Waals surface area (Å²) in [6, 6.07) is 16.0. The quantitative estimate of drug-likeness (QED) is 0.886. The summed E-state index contributed by atoms with van der Waals surface area (Å²) in [5.41, 5.74) is 1.16. The molecule has 0 unspecified atom stereocenters.